The Labute approximate surface area is 179 Å². The molecule has 0 fully saturated rings. The fraction of sp³-hybridized carbons (Fsp3) is 0.250. The van der Waals surface area contributed by atoms with Crippen LogP contribution in [0, 0.1) is 6.92 Å². The van der Waals surface area contributed by atoms with Crippen molar-refractivity contribution in [1.82, 2.24) is 9.99 Å². The first-order valence-electron chi connectivity index (χ1n) is 10.2. The third-order valence-corrected chi connectivity index (χ3v) is 5.44. The largest absolute Gasteiger partial charge is 0.550 e. The smallest absolute Gasteiger partial charge is 0.251 e. The lowest BCUT2D eigenvalue weighted by molar-refractivity contribution is -0.305. The number of carbonyl (C=O) groups is 2. The van der Waals surface area contributed by atoms with E-state index in [1.54, 1.807) is 0 Å². The molecule has 1 aliphatic rings. The van der Waals surface area contributed by atoms with Crippen molar-refractivity contribution in [2.45, 2.75) is 38.6 Å². The average molecular weight is 416 g/mol. The van der Waals surface area contributed by atoms with Gasteiger partial charge in [-0.15, -0.1) is 0 Å². The summed E-state index contributed by atoms with van der Waals surface area (Å²) in [4.78, 5) is 39.1. The van der Waals surface area contributed by atoms with Crippen molar-refractivity contribution < 1.29 is 14.7 Å². The SMILES string of the molecule is Cc1ccc2[nH]c(=O)c(C[C@@H]3CC(c4ccccc4)=NN3C(=O)CCC(=O)[O-])cc2c1. The third-order valence-electron chi connectivity index (χ3n) is 5.44. The second kappa shape index (κ2) is 8.55. The summed E-state index contributed by atoms with van der Waals surface area (Å²) in [5.74, 6) is -1.68. The Kier molecular flexibility index (Phi) is 5.66. The van der Waals surface area contributed by atoms with Gasteiger partial charge in [-0.1, -0.05) is 42.0 Å². The molecule has 0 spiro atoms. The predicted molar refractivity (Wildman–Crippen MR) is 115 cm³/mol. The van der Waals surface area contributed by atoms with Gasteiger partial charge in [-0.25, -0.2) is 5.01 Å². The Morgan fingerprint density at radius 1 is 1.13 bits per heavy atom. The molecule has 158 valence electrons. The number of H-pyrrole nitrogens is 1. The molecule has 3 aromatic rings. The van der Waals surface area contributed by atoms with Crippen molar-refractivity contribution in [3.63, 3.8) is 0 Å². The topological polar surface area (TPSA) is 106 Å². The number of benzene rings is 2. The van der Waals surface area contributed by atoms with Crippen LogP contribution in [0.1, 0.15) is 36.0 Å². The molecule has 4 rings (SSSR count). The van der Waals surface area contributed by atoms with E-state index in [1.807, 2.05) is 61.5 Å². The van der Waals surface area contributed by atoms with Crippen LogP contribution >= 0.6 is 0 Å². The van der Waals surface area contributed by atoms with Crippen molar-refractivity contribution in [3.8, 4) is 0 Å². The summed E-state index contributed by atoms with van der Waals surface area (Å²) in [6.45, 7) is 1.98. The first kappa shape index (κ1) is 20.5. The number of aliphatic carboxylic acids is 1. The normalized spacial score (nSPS) is 15.8. The second-order valence-corrected chi connectivity index (χ2v) is 7.80. The number of carboxylic acid groups (broad SMARTS) is 1. The molecule has 7 nitrogen and oxygen atoms in total. The maximum atomic E-state index is 12.7. The number of carboxylic acids is 1. The molecule has 1 atom stereocenters. The van der Waals surface area contributed by atoms with E-state index in [9.17, 15) is 19.5 Å². The highest BCUT2D eigenvalue weighted by molar-refractivity contribution is 6.03. The number of fused-ring (bicyclic) bond motifs is 1. The zero-order chi connectivity index (χ0) is 22.0. The Morgan fingerprint density at radius 2 is 1.90 bits per heavy atom. The average Bonchev–Trinajstić information content (AvgIpc) is 3.17. The summed E-state index contributed by atoms with van der Waals surface area (Å²) in [6.07, 6.45) is 0.230. The van der Waals surface area contributed by atoms with Crippen LogP contribution in [0.4, 0.5) is 0 Å². The van der Waals surface area contributed by atoms with Crippen molar-refractivity contribution in [2.75, 3.05) is 0 Å². The van der Waals surface area contributed by atoms with E-state index >= 15 is 0 Å². The van der Waals surface area contributed by atoms with Gasteiger partial charge in [0.2, 0.25) is 5.91 Å². The number of aromatic amines is 1. The molecule has 0 bridgehead atoms. The Morgan fingerprint density at radius 3 is 2.65 bits per heavy atom. The van der Waals surface area contributed by atoms with Crippen molar-refractivity contribution >= 4 is 28.5 Å². The van der Waals surface area contributed by atoms with Crippen LogP contribution in [-0.2, 0) is 16.0 Å². The number of rotatable bonds is 6. The van der Waals surface area contributed by atoms with Gasteiger partial charge >= 0.3 is 0 Å². The predicted octanol–water partition coefficient (Wildman–Crippen LogP) is 1.91. The first-order chi connectivity index (χ1) is 14.9. The molecule has 2 heterocycles. The molecule has 1 N–H and O–H groups in total. The standard InChI is InChI=1S/C24H23N3O4/c1-15-7-8-20-17(11-15)12-18(24(31)25-20)13-19-14-21(16-5-3-2-4-6-16)26-27(19)22(28)9-10-23(29)30/h2-8,11-12,19H,9-10,13-14H2,1H3,(H,25,31)(H,29,30)/p-1/t19-/m1/s1. The van der Waals surface area contributed by atoms with E-state index in [-0.39, 0.29) is 24.4 Å². The minimum Gasteiger partial charge on any atom is -0.550 e. The lowest BCUT2D eigenvalue weighted by atomic mass is 9.98. The first-order valence-corrected chi connectivity index (χ1v) is 10.2. The highest BCUT2D eigenvalue weighted by atomic mass is 16.4. The Balaban J connectivity index is 1.64. The number of aryl methyl sites for hydroxylation is 1. The molecule has 2 aromatic carbocycles. The zero-order valence-electron chi connectivity index (χ0n) is 17.1. The fourth-order valence-electron chi connectivity index (χ4n) is 3.89. The molecule has 0 aliphatic carbocycles. The minimum absolute atomic E-state index is 0.197. The lowest BCUT2D eigenvalue weighted by Crippen LogP contribution is -2.36. The molecule has 7 heteroatoms. The molecule has 0 unspecified atom stereocenters. The number of hydrogen-bond acceptors (Lipinski definition) is 5. The van der Waals surface area contributed by atoms with Gasteiger partial charge in [-0.3, -0.25) is 9.59 Å². The minimum atomic E-state index is -1.28. The van der Waals surface area contributed by atoms with Gasteiger partial charge in [0.1, 0.15) is 0 Å². The van der Waals surface area contributed by atoms with Gasteiger partial charge < -0.3 is 14.9 Å². The summed E-state index contributed by atoms with van der Waals surface area (Å²) in [5.41, 5.74) is 3.83. The lowest BCUT2D eigenvalue weighted by Gasteiger charge is -2.21. The van der Waals surface area contributed by atoms with Gasteiger partial charge in [0.25, 0.3) is 5.56 Å². The van der Waals surface area contributed by atoms with Gasteiger partial charge in [-0.2, -0.15) is 5.10 Å². The van der Waals surface area contributed by atoms with E-state index in [4.69, 9.17) is 0 Å². The van der Waals surface area contributed by atoms with Crippen molar-refractivity contribution in [2.24, 2.45) is 5.10 Å². The van der Waals surface area contributed by atoms with Crippen molar-refractivity contribution in [1.29, 1.82) is 0 Å². The maximum absolute atomic E-state index is 12.7. The summed E-state index contributed by atoms with van der Waals surface area (Å²) < 4.78 is 0. The van der Waals surface area contributed by atoms with Crippen LogP contribution in [0.25, 0.3) is 10.9 Å². The van der Waals surface area contributed by atoms with Crippen LogP contribution in [0.15, 0.2) is 64.5 Å². The second-order valence-electron chi connectivity index (χ2n) is 7.80. The number of carbonyl (C=O) groups excluding carboxylic acids is 2. The van der Waals surface area contributed by atoms with Gasteiger partial charge in [0, 0.05) is 36.3 Å². The van der Waals surface area contributed by atoms with Crippen LogP contribution in [0.2, 0.25) is 0 Å². The van der Waals surface area contributed by atoms with Gasteiger partial charge in [0.05, 0.1) is 11.8 Å². The highest BCUT2D eigenvalue weighted by Crippen LogP contribution is 2.24. The number of aromatic nitrogens is 1. The van der Waals surface area contributed by atoms with Crippen LogP contribution < -0.4 is 10.7 Å². The van der Waals surface area contributed by atoms with Crippen molar-refractivity contribution in [3.05, 3.63) is 81.6 Å². The highest BCUT2D eigenvalue weighted by Gasteiger charge is 2.32. The van der Waals surface area contributed by atoms with E-state index in [2.05, 4.69) is 10.1 Å². The third kappa shape index (κ3) is 4.55. The van der Waals surface area contributed by atoms with E-state index in [0.29, 0.717) is 18.4 Å². The number of nitrogens with zero attached hydrogens (tertiary/aromatic N) is 2. The number of pyridine rings is 1. The van der Waals surface area contributed by atoms with E-state index < -0.39 is 11.9 Å². The number of amides is 1. The monoisotopic (exact) mass is 416 g/mol. The molecule has 1 aliphatic heterocycles. The maximum Gasteiger partial charge on any atom is 0.251 e. The molecule has 1 aromatic heterocycles. The molecule has 0 saturated heterocycles. The van der Waals surface area contributed by atoms with Crippen LogP contribution in [-0.4, -0.2) is 33.6 Å². The van der Waals surface area contributed by atoms with Crippen LogP contribution in [0.3, 0.4) is 0 Å². The Bertz CT molecular complexity index is 1230. The molecule has 31 heavy (non-hydrogen) atoms. The molecular formula is C24H22N3O4-. The van der Waals surface area contributed by atoms with E-state index in [0.717, 1.165) is 27.7 Å². The van der Waals surface area contributed by atoms with Gasteiger partial charge in [0.15, 0.2) is 0 Å². The van der Waals surface area contributed by atoms with Crippen LogP contribution in [0.5, 0.6) is 0 Å². The molecular weight excluding hydrogens is 394 g/mol. The molecule has 0 radical (unpaired) electrons. The Hall–Kier alpha value is -3.74. The zero-order valence-corrected chi connectivity index (χ0v) is 17.1. The summed E-state index contributed by atoms with van der Waals surface area (Å²) in [6, 6.07) is 16.8. The number of nitrogens with one attached hydrogen (secondary N) is 1. The number of hydrogen-bond donors (Lipinski definition) is 1. The van der Waals surface area contributed by atoms with Gasteiger partial charge in [-0.05, 0) is 42.5 Å². The quantitative estimate of drug-likeness (QED) is 0.663. The fourth-order valence-corrected chi connectivity index (χ4v) is 3.89. The molecule has 0 saturated carbocycles. The number of hydrazone groups is 1. The summed E-state index contributed by atoms with van der Waals surface area (Å²) in [7, 11) is 0. The molecule has 1 amide bonds. The summed E-state index contributed by atoms with van der Waals surface area (Å²) in [5, 5.41) is 17.6. The van der Waals surface area contributed by atoms with E-state index in [1.165, 1.54) is 5.01 Å². The summed E-state index contributed by atoms with van der Waals surface area (Å²) >= 11 is 0.